The molecule has 2 saturated heterocycles. The molecule has 17 nitrogen and oxygen atoms in total. The van der Waals surface area contributed by atoms with Gasteiger partial charge in [-0.2, -0.15) is 0 Å². The van der Waals surface area contributed by atoms with E-state index >= 15 is 0 Å². The van der Waals surface area contributed by atoms with Crippen molar-refractivity contribution in [2.75, 3.05) is 73.2 Å². The summed E-state index contributed by atoms with van der Waals surface area (Å²) in [5.41, 5.74) is 7.77. The first kappa shape index (κ1) is 39.5. The maximum absolute atomic E-state index is 11.0. The lowest BCUT2D eigenvalue weighted by Gasteiger charge is -2.36. The molecule has 0 spiro atoms. The zero-order valence-corrected chi connectivity index (χ0v) is 34.3. The summed E-state index contributed by atoms with van der Waals surface area (Å²) >= 11 is 0. The number of ether oxygens (including phenoxy) is 3. The molecule has 2 aromatic carbocycles. The Bertz CT molecular complexity index is 2850. The molecule has 6 N–H and O–H groups in total. The zero-order valence-electron chi connectivity index (χ0n) is 34.3. The van der Waals surface area contributed by atoms with Gasteiger partial charge in [-0.15, -0.1) is 0 Å². The average molecular weight is 837 g/mol. The molecule has 10 rings (SSSR count). The molecule has 0 radical (unpaired) electrons. The molecule has 6 aromatic heterocycles. The number of nitrogens with one attached hydrogen (secondary N) is 4. The van der Waals surface area contributed by atoms with E-state index in [2.05, 4.69) is 71.6 Å². The number of benzene rings is 2. The smallest absolute Gasteiger partial charge is 0.189 e. The number of aliphatic hydroxyl groups is 2. The summed E-state index contributed by atoms with van der Waals surface area (Å²) in [7, 11) is 0. The molecular formula is C45H48N12O5. The number of aryl methyl sites for hydroxylation is 1. The van der Waals surface area contributed by atoms with Crippen LogP contribution in [0.3, 0.4) is 0 Å². The number of hydrogen-bond donors (Lipinski definition) is 6. The van der Waals surface area contributed by atoms with Gasteiger partial charge in [0.05, 0.1) is 49.9 Å². The number of anilines is 4. The second kappa shape index (κ2) is 17.4. The maximum Gasteiger partial charge on any atom is 0.189 e. The zero-order chi connectivity index (χ0) is 42.0. The minimum absolute atomic E-state index is 0.0270. The summed E-state index contributed by atoms with van der Waals surface area (Å²) in [6, 6.07) is 20.1. The lowest BCUT2D eigenvalue weighted by Crippen LogP contribution is -2.45. The third kappa shape index (κ3) is 8.34. The Labute approximate surface area is 356 Å². The van der Waals surface area contributed by atoms with Crippen LogP contribution < -0.4 is 25.2 Å². The van der Waals surface area contributed by atoms with Gasteiger partial charge in [0.1, 0.15) is 40.1 Å². The van der Waals surface area contributed by atoms with E-state index in [9.17, 15) is 10.2 Å². The fourth-order valence-corrected chi connectivity index (χ4v) is 8.36. The number of pyridine rings is 2. The van der Waals surface area contributed by atoms with Gasteiger partial charge in [-0.05, 0) is 77.9 Å². The minimum atomic E-state index is -0.508. The van der Waals surface area contributed by atoms with Crippen LogP contribution in [0, 0.1) is 12.8 Å². The van der Waals surface area contributed by atoms with Crippen LogP contribution in [0.1, 0.15) is 23.1 Å². The van der Waals surface area contributed by atoms with Gasteiger partial charge in [0.2, 0.25) is 0 Å². The third-order valence-corrected chi connectivity index (χ3v) is 11.7. The number of rotatable bonds is 14. The molecule has 0 saturated carbocycles. The van der Waals surface area contributed by atoms with Crippen LogP contribution in [-0.4, -0.2) is 115 Å². The lowest BCUT2D eigenvalue weighted by atomic mass is 9.95. The molecule has 2 aliphatic rings. The number of H-pyrrole nitrogens is 2. The van der Waals surface area contributed by atoms with E-state index in [-0.39, 0.29) is 25.4 Å². The predicted octanol–water partition coefficient (Wildman–Crippen LogP) is 5.30. The van der Waals surface area contributed by atoms with Crippen molar-refractivity contribution in [3.05, 3.63) is 102 Å². The molecule has 0 bridgehead atoms. The summed E-state index contributed by atoms with van der Waals surface area (Å²) in [5.74, 6) is 3.36. The first-order valence-electron chi connectivity index (χ1n) is 21.0. The van der Waals surface area contributed by atoms with Gasteiger partial charge < -0.3 is 54.8 Å². The summed E-state index contributed by atoms with van der Waals surface area (Å²) in [4.78, 5) is 39.3. The fraction of sp³-hybridized carbons (Fsp3) is 0.333. The predicted molar refractivity (Wildman–Crippen MR) is 237 cm³/mol. The summed E-state index contributed by atoms with van der Waals surface area (Å²) in [6.07, 6.45) is 7.21. The summed E-state index contributed by atoms with van der Waals surface area (Å²) in [6.45, 7) is 6.52. The van der Waals surface area contributed by atoms with Crippen LogP contribution in [0.2, 0.25) is 0 Å². The van der Waals surface area contributed by atoms with E-state index in [4.69, 9.17) is 34.1 Å². The number of hydrogen-bond acceptors (Lipinski definition) is 15. The number of piperidine rings is 1. The normalized spacial score (nSPS) is 18.3. The topological polar surface area (TPSA) is 208 Å². The third-order valence-electron chi connectivity index (χ3n) is 11.7. The quantitative estimate of drug-likeness (QED) is 0.0608. The van der Waals surface area contributed by atoms with Gasteiger partial charge in [0, 0.05) is 68.5 Å². The molecule has 0 aliphatic carbocycles. The lowest BCUT2D eigenvalue weighted by molar-refractivity contribution is -0.0330. The highest BCUT2D eigenvalue weighted by Gasteiger charge is 2.29. The molecule has 2 fully saturated rings. The maximum atomic E-state index is 11.0. The average Bonchev–Trinajstić information content (AvgIpc) is 3.96. The second-order valence-electron chi connectivity index (χ2n) is 15.9. The van der Waals surface area contributed by atoms with Gasteiger partial charge in [-0.3, -0.25) is 0 Å². The number of morpholine rings is 1. The highest BCUT2D eigenvalue weighted by molar-refractivity contribution is 5.91. The van der Waals surface area contributed by atoms with E-state index < -0.39 is 6.10 Å². The molecular weight excluding hydrogens is 789 g/mol. The second-order valence-corrected chi connectivity index (χ2v) is 15.9. The van der Waals surface area contributed by atoms with E-state index in [1.165, 1.54) is 5.39 Å². The highest BCUT2D eigenvalue weighted by Crippen LogP contribution is 2.32. The van der Waals surface area contributed by atoms with Crippen molar-refractivity contribution in [3.8, 4) is 5.75 Å². The Morgan fingerprint density at radius 2 is 1.60 bits per heavy atom. The highest BCUT2D eigenvalue weighted by atomic mass is 16.7. The Hall–Kier alpha value is -6.66. The Balaban J connectivity index is 0.743. The Kier molecular flexibility index (Phi) is 11.1. The Morgan fingerprint density at radius 3 is 2.37 bits per heavy atom. The van der Waals surface area contributed by atoms with E-state index in [0.717, 1.165) is 44.7 Å². The number of nitrogens with zero attached hydrogens (tertiary/aromatic N) is 8. The van der Waals surface area contributed by atoms with Gasteiger partial charge in [0.25, 0.3) is 0 Å². The van der Waals surface area contributed by atoms with E-state index in [1.807, 2.05) is 48.8 Å². The largest absolute Gasteiger partial charge is 0.465 e. The van der Waals surface area contributed by atoms with Crippen molar-refractivity contribution < 1.29 is 24.4 Å². The van der Waals surface area contributed by atoms with Crippen LogP contribution in [-0.2, 0) is 22.6 Å². The number of aliphatic hydroxyl groups excluding tert-OH is 2. The fourth-order valence-electron chi connectivity index (χ4n) is 8.36. The molecule has 8 aromatic rings. The summed E-state index contributed by atoms with van der Waals surface area (Å²) < 4.78 is 17.8. The van der Waals surface area contributed by atoms with Crippen molar-refractivity contribution in [2.45, 2.75) is 38.6 Å². The van der Waals surface area contributed by atoms with Crippen molar-refractivity contribution in [1.82, 2.24) is 39.9 Å². The standard InChI is InChI=1S/C45H48N12O5/c1-27-17-51-43-37(7-4-30(42(27)43)19-50-39-21-48-34-6-9-41(55-45(34)53-39)57-14-15-61-32(23-57)24-58)62-26-60-25-31-22-56(13-11-36(31)59)40-8-5-33-44(54-40)52-38(20-47-33)49-18-28-2-3-29-10-12-46-35(29)16-28/h2-10,12,16-17,20-21,31-32,36,46,51,58-59H,11,13-15,18-19,22-26H2,1H3,(H,49,52,54)(H,50,53,55)/t31-,32?,36-/m1/s1. The van der Waals surface area contributed by atoms with E-state index in [1.54, 1.807) is 12.4 Å². The minimum Gasteiger partial charge on any atom is -0.465 e. The number of fused-ring (bicyclic) bond motifs is 4. The van der Waals surface area contributed by atoms with Crippen molar-refractivity contribution in [1.29, 1.82) is 0 Å². The van der Waals surface area contributed by atoms with Crippen LogP contribution >= 0.6 is 0 Å². The first-order valence-corrected chi connectivity index (χ1v) is 21.0. The number of aromatic nitrogens is 8. The van der Waals surface area contributed by atoms with Gasteiger partial charge in [0.15, 0.2) is 18.1 Å². The Morgan fingerprint density at radius 1 is 0.839 bits per heavy atom. The van der Waals surface area contributed by atoms with Crippen LogP contribution in [0.5, 0.6) is 5.75 Å². The SMILES string of the molecule is Cc1c[nH]c2c(OCOC[C@H]3CN(c4ccc5ncc(NCc6ccc7cc[nH]c7c6)nc5n4)CC[C@H]3O)ccc(CNc3cnc4ccc(N5CCOC(CO)C5)nc4n3)c12. The molecule has 8 heterocycles. The van der Waals surface area contributed by atoms with Crippen molar-refractivity contribution in [2.24, 2.45) is 5.92 Å². The summed E-state index contributed by atoms with van der Waals surface area (Å²) in [5, 5.41) is 29.6. The van der Waals surface area contributed by atoms with Gasteiger partial charge in [-0.25, -0.2) is 29.9 Å². The molecule has 62 heavy (non-hydrogen) atoms. The van der Waals surface area contributed by atoms with E-state index in [0.29, 0.717) is 98.6 Å². The van der Waals surface area contributed by atoms with Crippen LogP contribution in [0.25, 0.3) is 44.1 Å². The molecule has 0 amide bonds. The number of aromatic amines is 2. The first-order chi connectivity index (χ1) is 30.4. The van der Waals surface area contributed by atoms with Crippen LogP contribution in [0.4, 0.5) is 23.3 Å². The van der Waals surface area contributed by atoms with Crippen molar-refractivity contribution in [3.63, 3.8) is 0 Å². The molecule has 1 unspecified atom stereocenters. The van der Waals surface area contributed by atoms with Gasteiger partial charge >= 0.3 is 0 Å². The molecule has 2 aliphatic heterocycles. The van der Waals surface area contributed by atoms with Crippen molar-refractivity contribution >= 4 is 67.4 Å². The molecule has 17 heteroatoms. The van der Waals surface area contributed by atoms with Crippen LogP contribution in [0.15, 0.2) is 85.5 Å². The molecule has 318 valence electrons. The molecule has 3 atom stereocenters. The van der Waals surface area contributed by atoms with Gasteiger partial charge in [-0.1, -0.05) is 18.2 Å². The monoisotopic (exact) mass is 836 g/mol.